The Hall–Kier alpha value is -4.56. The van der Waals surface area contributed by atoms with Gasteiger partial charge in [0.15, 0.2) is 0 Å². The number of nitro groups is 1. The summed E-state index contributed by atoms with van der Waals surface area (Å²) >= 11 is 0. The van der Waals surface area contributed by atoms with Crippen LogP contribution in [0.5, 0.6) is 0 Å². The predicted molar refractivity (Wildman–Crippen MR) is 155 cm³/mol. The van der Waals surface area contributed by atoms with Gasteiger partial charge in [-0.15, -0.1) is 0 Å². The summed E-state index contributed by atoms with van der Waals surface area (Å²) in [5, 5.41) is 14.6. The molecule has 0 bridgehead atoms. The highest BCUT2D eigenvalue weighted by Crippen LogP contribution is 2.40. The molecule has 1 saturated heterocycles. The average molecular weight is 626 g/mol. The molecule has 0 saturated carbocycles. The fourth-order valence-electron chi connectivity index (χ4n) is 5.62. The van der Waals surface area contributed by atoms with Crippen LogP contribution >= 0.6 is 0 Å². The molecule has 2 aromatic carbocycles. The van der Waals surface area contributed by atoms with Crippen molar-refractivity contribution in [2.24, 2.45) is 0 Å². The molecule has 0 spiro atoms. The summed E-state index contributed by atoms with van der Waals surface area (Å²) in [6.07, 6.45) is 2.33. The molecule has 2 atom stereocenters. The Morgan fingerprint density at radius 1 is 1.05 bits per heavy atom. The normalized spacial score (nSPS) is 21.0. The Morgan fingerprint density at radius 3 is 2.41 bits per heavy atom. The van der Waals surface area contributed by atoms with E-state index < -0.39 is 51.9 Å². The number of nitro benzene ring substituents is 1. The first-order valence-corrected chi connectivity index (χ1v) is 15.5. The second-order valence-corrected chi connectivity index (χ2v) is 12.4. The summed E-state index contributed by atoms with van der Waals surface area (Å²) < 4.78 is 43.2. The van der Waals surface area contributed by atoms with Gasteiger partial charge in [0.2, 0.25) is 0 Å². The summed E-state index contributed by atoms with van der Waals surface area (Å²) in [5.41, 5.74) is 0.819. The molecule has 2 aromatic rings. The largest absolute Gasteiger partial charge is 0.460 e. The van der Waals surface area contributed by atoms with E-state index in [9.17, 15) is 32.9 Å². The van der Waals surface area contributed by atoms with Crippen LogP contribution in [0, 0.1) is 10.1 Å². The van der Waals surface area contributed by atoms with Gasteiger partial charge in [-0.25, -0.2) is 22.3 Å². The van der Waals surface area contributed by atoms with Crippen LogP contribution < -0.4 is 5.32 Å². The second-order valence-electron chi connectivity index (χ2n) is 10.6. The van der Waals surface area contributed by atoms with Gasteiger partial charge in [0, 0.05) is 30.1 Å². The molecule has 1 amide bonds. The molecule has 3 heterocycles. The molecule has 0 aromatic heterocycles. The van der Waals surface area contributed by atoms with Crippen LogP contribution in [0.25, 0.3) is 0 Å². The van der Waals surface area contributed by atoms with Gasteiger partial charge < -0.3 is 19.5 Å². The number of non-ortho nitro benzene ring substituents is 1. The fraction of sp³-hybridized carbons (Fsp3) is 0.367. The van der Waals surface area contributed by atoms with Crippen LogP contribution in [0.1, 0.15) is 54.9 Å². The van der Waals surface area contributed by atoms with Crippen molar-refractivity contribution in [3.8, 4) is 0 Å². The number of ether oxygens (including phenoxy) is 3. The molecule has 1 N–H and O–H groups in total. The van der Waals surface area contributed by atoms with Gasteiger partial charge in [-0.2, -0.15) is 0 Å². The Morgan fingerprint density at radius 2 is 1.75 bits per heavy atom. The zero-order valence-electron chi connectivity index (χ0n) is 24.1. The number of sulfonamides is 1. The Bertz CT molecular complexity index is 1690. The molecule has 14 heteroatoms. The van der Waals surface area contributed by atoms with E-state index >= 15 is 0 Å². The maximum absolute atomic E-state index is 13.6. The number of carbonyl (C=O) groups is 3. The van der Waals surface area contributed by atoms with Crippen molar-refractivity contribution in [1.82, 2.24) is 9.62 Å². The van der Waals surface area contributed by atoms with Gasteiger partial charge >= 0.3 is 11.9 Å². The molecular weight excluding hydrogens is 594 g/mol. The molecule has 3 aliphatic heterocycles. The molecule has 1 fully saturated rings. The lowest BCUT2D eigenvalue weighted by Crippen LogP contribution is -2.36. The third kappa shape index (κ3) is 5.95. The number of benzene rings is 2. The number of rotatable bonds is 9. The van der Waals surface area contributed by atoms with Crippen molar-refractivity contribution in [2.75, 3.05) is 26.4 Å². The Balaban J connectivity index is 1.40. The van der Waals surface area contributed by atoms with E-state index in [0.717, 1.165) is 19.3 Å². The second kappa shape index (κ2) is 12.6. The monoisotopic (exact) mass is 625 g/mol. The van der Waals surface area contributed by atoms with Crippen molar-refractivity contribution in [3.05, 3.63) is 92.3 Å². The van der Waals surface area contributed by atoms with Gasteiger partial charge in [-0.1, -0.05) is 24.3 Å². The minimum Gasteiger partial charge on any atom is -0.460 e. The van der Waals surface area contributed by atoms with Crippen molar-refractivity contribution < 1.29 is 41.9 Å². The number of hydrogen-bond donors (Lipinski definition) is 1. The molecule has 13 nitrogen and oxygen atoms in total. The SMILES string of the molecule is CC1=C(C(=O)OCCN2C(=O)c3ccccc3S2(=O)=O)C(c2cccc([N+](=O)[O-])c2)C(C(=O)OCC2CCCCO2)=C(C)N1. The number of amides is 1. The van der Waals surface area contributed by atoms with Gasteiger partial charge in [0.05, 0.1) is 40.2 Å². The van der Waals surface area contributed by atoms with E-state index in [1.165, 1.54) is 36.4 Å². The summed E-state index contributed by atoms with van der Waals surface area (Å²) in [5.74, 6) is -3.47. The first kappa shape index (κ1) is 30.9. The van der Waals surface area contributed by atoms with Crippen LogP contribution in [0.2, 0.25) is 0 Å². The lowest BCUT2D eigenvalue weighted by Gasteiger charge is -2.31. The summed E-state index contributed by atoms with van der Waals surface area (Å²) in [7, 11) is -4.11. The van der Waals surface area contributed by atoms with Gasteiger partial charge in [-0.05, 0) is 50.8 Å². The Kier molecular flexibility index (Phi) is 8.83. The maximum Gasteiger partial charge on any atom is 0.336 e. The summed E-state index contributed by atoms with van der Waals surface area (Å²) in [4.78, 5) is 50.8. The molecule has 5 rings (SSSR count). The first-order valence-electron chi connectivity index (χ1n) is 14.1. The number of dihydropyridines is 1. The highest BCUT2D eigenvalue weighted by atomic mass is 32.2. The van der Waals surface area contributed by atoms with Crippen LogP contribution in [0.3, 0.4) is 0 Å². The number of nitrogens with zero attached hydrogens (tertiary/aromatic N) is 2. The number of allylic oxidation sites excluding steroid dienone is 2. The van der Waals surface area contributed by atoms with Crippen LogP contribution in [-0.4, -0.2) is 68.0 Å². The minimum atomic E-state index is -4.11. The third-order valence-electron chi connectivity index (χ3n) is 7.73. The molecule has 232 valence electrons. The topological polar surface area (TPSA) is 171 Å². The molecule has 44 heavy (non-hydrogen) atoms. The highest BCUT2D eigenvalue weighted by molar-refractivity contribution is 7.90. The summed E-state index contributed by atoms with van der Waals surface area (Å²) in [6, 6.07) is 11.4. The van der Waals surface area contributed by atoms with E-state index in [4.69, 9.17) is 14.2 Å². The van der Waals surface area contributed by atoms with E-state index in [2.05, 4.69) is 5.32 Å². The van der Waals surface area contributed by atoms with Crippen LogP contribution in [-0.2, 0) is 33.8 Å². The molecule has 2 unspecified atom stereocenters. The quantitative estimate of drug-likeness (QED) is 0.246. The van der Waals surface area contributed by atoms with Crippen molar-refractivity contribution in [2.45, 2.75) is 50.0 Å². The fourth-order valence-corrected chi connectivity index (χ4v) is 7.18. The zero-order chi connectivity index (χ0) is 31.6. The highest BCUT2D eigenvalue weighted by Gasteiger charge is 2.42. The standard InChI is InChI=1S/C30H31N3O10S/c1-18-25(29(35)42-15-13-32-28(34)23-11-3-4-12-24(23)44(32,39)40)27(20-8-7-9-21(16-20)33(37)38)26(19(2)31-18)30(36)43-17-22-10-5-6-14-41-22/h3-4,7-9,11-12,16,22,27,31H,5-6,10,13-15,17H2,1-2H3. The molecular formula is C30H31N3O10S. The van der Waals surface area contributed by atoms with E-state index in [0.29, 0.717) is 22.3 Å². The van der Waals surface area contributed by atoms with Gasteiger partial charge in [0.1, 0.15) is 18.1 Å². The maximum atomic E-state index is 13.6. The third-order valence-corrected chi connectivity index (χ3v) is 9.57. The number of hydrogen-bond acceptors (Lipinski definition) is 11. The van der Waals surface area contributed by atoms with Crippen LogP contribution in [0.4, 0.5) is 5.69 Å². The van der Waals surface area contributed by atoms with E-state index in [1.54, 1.807) is 26.0 Å². The number of carbonyl (C=O) groups excluding carboxylic acids is 3. The number of fused-ring (bicyclic) bond motifs is 1. The first-order chi connectivity index (χ1) is 21.0. The molecule has 3 aliphatic rings. The molecule has 0 aliphatic carbocycles. The average Bonchev–Trinajstić information content (AvgIpc) is 3.20. The smallest absolute Gasteiger partial charge is 0.336 e. The van der Waals surface area contributed by atoms with E-state index in [1.807, 2.05) is 0 Å². The summed E-state index contributed by atoms with van der Waals surface area (Å²) in [6.45, 7) is 2.88. The number of esters is 2. The lowest BCUT2D eigenvalue weighted by molar-refractivity contribution is -0.384. The minimum absolute atomic E-state index is 0.000469. The van der Waals surface area contributed by atoms with Gasteiger partial charge in [-0.3, -0.25) is 14.9 Å². The van der Waals surface area contributed by atoms with Crippen molar-refractivity contribution >= 4 is 33.6 Å². The Labute approximate surface area is 253 Å². The van der Waals surface area contributed by atoms with E-state index in [-0.39, 0.29) is 45.6 Å². The molecule has 0 radical (unpaired) electrons. The predicted octanol–water partition coefficient (Wildman–Crippen LogP) is 3.33. The lowest BCUT2D eigenvalue weighted by atomic mass is 9.80. The van der Waals surface area contributed by atoms with Crippen molar-refractivity contribution in [1.29, 1.82) is 0 Å². The van der Waals surface area contributed by atoms with Crippen molar-refractivity contribution in [3.63, 3.8) is 0 Å². The van der Waals surface area contributed by atoms with Gasteiger partial charge in [0.25, 0.3) is 21.6 Å². The number of nitrogens with one attached hydrogen (secondary N) is 1. The van der Waals surface area contributed by atoms with Crippen LogP contribution in [0.15, 0.2) is 76.0 Å². The zero-order valence-corrected chi connectivity index (χ0v) is 24.9.